The van der Waals surface area contributed by atoms with Crippen molar-refractivity contribution in [1.29, 1.82) is 0 Å². The van der Waals surface area contributed by atoms with Gasteiger partial charge in [0.15, 0.2) is 0 Å². The first-order valence-electron chi connectivity index (χ1n) is 7.99. The number of nitrogens with one attached hydrogen (secondary N) is 1. The molecule has 1 saturated carbocycles. The van der Waals surface area contributed by atoms with E-state index in [1.807, 2.05) is 18.2 Å². The highest BCUT2D eigenvalue weighted by molar-refractivity contribution is 6.08. The Kier molecular flexibility index (Phi) is 4.04. The molecule has 0 amide bonds. The van der Waals surface area contributed by atoms with Crippen molar-refractivity contribution in [1.82, 2.24) is 5.43 Å². The fourth-order valence-corrected chi connectivity index (χ4v) is 3.73. The number of hydrazone groups is 1. The second-order valence-corrected chi connectivity index (χ2v) is 7.18. The van der Waals surface area contributed by atoms with Gasteiger partial charge in [-0.1, -0.05) is 13.8 Å². The lowest BCUT2D eigenvalue weighted by atomic mass is 9.68. The van der Waals surface area contributed by atoms with E-state index in [4.69, 9.17) is 9.47 Å². The summed E-state index contributed by atoms with van der Waals surface area (Å²) in [7, 11) is 3.29. The van der Waals surface area contributed by atoms with Gasteiger partial charge < -0.3 is 14.9 Å². The van der Waals surface area contributed by atoms with Crippen molar-refractivity contribution >= 4 is 11.5 Å². The molecule has 1 aliphatic carbocycles. The molecule has 2 aliphatic rings. The highest BCUT2D eigenvalue weighted by Crippen LogP contribution is 2.39. The standard InChI is InChI=1S/C18H24N2O3/c1-18(2)9-14-17(15(21)10-18)13(19-20-14)8-11-7-12(22-3)5-6-16(11)23-4/h5-7,14,17,20H,8-10H2,1-4H3/t14-,17-/m0/s1. The zero-order valence-corrected chi connectivity index (χ0v) is 14.2. The van der Waals surface area contributed by atoms with Gasteiger partial charge in [-0.05, 0) is 30.0 Å². The topological polar surface area (TPSA) is 59.9 Å². The third-order valence-electron chi connectivity index (χ3n) is 4.77. The summed E-state index contributed by atoms with van der Waals surface area (Å²) in [5.41, 5.74) is 5.12. The van der Waals surface area contributed by atoms with E-state index in [1.54, 1.807) is 14.2 Å². The molecule has 1 N–H and O–H groups in total. The number of ketones is 1. The van der Waals surface area contributed by atoms with Crippen LogP contribution in [0.4, 0.5) is 0 Å². The van der Waals surface area contributed by atoms with Gasteiger partial charge in [0.25, 0.3) is 0 Å². The summed E-state index contributed by atoms with van der Waals surface area (Å²) in [5.74, 6) is 1.75. The lowest BCUT2D eigenvalue weighted by Gasteiger charge is -2.36. The first-order valence-corrected chi connectivity index (χ1v) is 7.99. The van der Waals surface area contributed by atoms with Crippen LogP contribution in [-0.4, -0.2) is 31.8 Å². The SMILES string of the molecule is COc1ccc(OC)c(CC2=NN[C@H]3CC(C)(C)CC(=O)[C@@H]23)c1. The maximum Gasteiger partial charge on any atom is 0.144 e. The van der Waals surface area contributed by atoms with Crippen LogP contribution in [0, 0.1) is 11.3 Å². The van der Waals surface area contributed by atoms with E-state index < -0.39 is 0 Å². The van der Waals surface area contributed by atoms with E-state index in [0.29, 0.717) is 12.8 Å². The Morgan fingerprint density at radius 2 is 2.09 bits per heavy atom. The average Bonchev–Trinajstić information content (AvgIpc) is 2.88. The summed E-state index contributed by atoms with van der Waals surface area (Å²) in [6.07, 6.45) is 2.18. The lowest BCUT2D eigenvalue weighted by Crippen LogP contribution is -2.45. The van der Waals surface area contributed by atoms with Gasteiger partial charge in [0, 0.05) is 18.4 Å². The summed E-state index contributed by atoms with van der Waals surface area (Å²) in [6.45, 7) is 4.29. The molecule has 0 saturated heterocycles. The number of Topliss-reactive ketones (excluding diaryl/α,β-unsaturated/α-hetero) is 1. The van der Waals surface area contributed by atoms with Gasteiger partial charge in [-0.15, -0.1) is 0 Å². The predicted molar refractivity (Wildman–Crippen MR) is 89.1 cm³/mol. The number of carbonyl (C=O) groups is 1. The highest BCUT2D eigenvalue weighted by Gasteiger charge is 2.45. The molecular weight excluding hydrogens is 292 g/mol. The van der Waals surface area contributed by atoms with Gasteiger partial charge in [0.05, 0.1) is 31.9 Å². The molecule has 1 aromatic rings. The normalized spacial score (nSPS) is 25.4. The van der Waals surface area contributed by atoms with Crippen molar-refractivity contribution in [3.63, 3.8) is 0 Å². The highest BCUT2D eigenvalue weighted by atomic mass is 16.5. The number of methoxy groups -OCH3 is 2. The maximum absolute atomic E-state index is 12.6. The van der Waals surface area contributed by atoms with E-state index in [1.165, 1.54) is 0 Å². The van der Waals surface area contributed by atoms with Crippen molar-refractivity contribution < 1.29 is 14.3 Å². The van der Waals surface area contributed by atoms with Crippen molar-refractivity contribution in [2.45, 2.75) is 39.2 Å². The monoisotopic (exact) mass is 316 g/mol. The van der Waals surface area contributed by atoms with Gasteiger partial charge in [-0.25, -0.2) is 0 Å². The molecule has 5 heteroatoms. The van der Waals surface area contributed by atoms with Crippen LogP contribution in [0.5, 0.6) is 11.5 Å². The van der Waals surface area contributed by atoms with E-state index in [2.05, 4.69) is 24.4 Å². The largest absolute Gasteiger partial charge is 0.497 e. The van der Waals surface area contributed by atoms with Crippen LogP contribution in [-0.2, 0) is 11.2 Å². The van der Waals surface area contributed by atoms with Crippen LogP contribution in [0.15, 0.2) is 23.3 Å². The Labute approximate surface area is 137 Å². The Bertz CT molecular complexity index is 652. The smallest absolute Gasteiger partial charge is 0.144 e. The fourth-order valence-electron chi connectivity index (χ4n) is 3.73. The van der Waals surface area contributed by atoms with Crippen LogP contribution in [0.25, 0.3) is 0 Å². The average molecular weight is 316 g/mol. The Morgan fingerprint density at radius 3 is 2.78 bits per heavy atom. The second-order valence-electron chi connectivity index (χ2n) is 7.18. The van der Waals surface area contributed by atoms with Gasteiger partial charge in [0.1, 0.15) is 17.3 Å². The van der Waals surface area contributed by atoms with Crippen molar-refractivity contribution in [2.24, 2.45) is 16.4 Å². The molecule has 0 bridgehead atoms. The van der Waals surface area contributed by atoms with E-state index in [0.717, 1.165) is 29.2 Å². The predicted octanol–water partition coefficient (Wildman–Crippen LogP) is 2.58. The van der Waals surface area contributed by atoms with Crippen LogP contribution in [0.2, 0.25) is 0 Å². The fraction of sp³-hybridized carbons (Fsp3) is 0.556. The van der Waals surface area contributed by atoms with Crippen LogP contribution < -0.4 is 14.9 Å². The third kappa shape index (κ3) is 3.05. The Hall–Kier alpha value is -2.04. The molecule has 23 heavy (non-hydrogen) atoms. The summed E-state index contributed by atoms with van der Waals surface area (Å²) in [5, 5.41) is 4.47. The number of benzene rings is 1. The van der Waals surface area contributed by atoms with Crippen LogP contribution >= 0.6 is 0 Å². The molecule has 0 spiro atoms. The van der Waals surface area contributed by atoms with E-state index in [9.17, 15) is 4.79 Å². The third-order valence-corrected chi connectivity index (χ3v) is 4.77. The van der Waals surface area contributed by atoms with Gasteiger partial charge in [0.2, 0.25) is 0 Å². The molecule has 5 nitrogen and oxygen atoms in total. The minimum Gasteiger partial charge on any atom is -0.497 e. The Balaban J connectivity index is 1.83. The molecule has 1 fully saturated rings. The number of carbonyl (C=O) groups excluding carboxylic acids is 1. The molecule has 1 aliphatic heterocycles. The van der Waals surface area contributed by atoms with Gasteiger partial charge in [-0.3, -0.25) is 4.79 Å². The summed E-state index contributed by atoms with van der Waals surface area (Å²) >= 11 is 0. The van der Waals surface area contributed by atoms with E-state index >= 15 is 0 Å². The quantitative estimate of drug-likeness (QED) is 0.927. The zero-order chi connectivity index (χ0) is 16.6. The first-order chi connectivity index (χ1) is 10.9. The second kappa shape index (κ2) is 5.87. The van der Waals surface area contributed by atoms with Gasteiger partial charge >= 0.3 is 0 Å². The first kappa shape index (κ1) is 15.8. The number of hydrogen-bond donors (Lipinski definition) is 1. The minimum atomic E-state index is -0.112. The molecule has 0 aromatic heterocycles. The molecule has 124 valence electrons. The van der Waals surface area contributed by atoms with Crippen molar-refractivity contribution in [3.05, 3.63) is 23.8 Å². The summed E-state index contributed by atoms with van der Waals surface area (Å²) < 4.78 is 10.7. The molecule has 2 atom stereocenters. The summed E-state index contributed by atoms with van der Waals surface area (Å²) in [4.78, 5) is 12.6. The number of rotatable bonds is 4. The number of nitrogens with zero attached hydrogens (tertiary/aromatic N) is 1. The van der Waals surface area contributed by atoms with Crippen molar-refractivity contribution in [3.8, 4) is 11.5 Å². The van der Waals surface area contributed by atoms with Crippen molar-refractivity contribution in [2.75, 3.05) is 14.2 Å². The van der Waals surface area contributed by atoms with E-state index in [-0.39, 0.29) is 23.2 Å². The molecule has 0 unspecified atom stereocenters. The lowest BCUT2D eigenvalue weighted by molar-refractivity contribution is -0.126. The Morgan fingerprint density at radius 1 is 1.30 bits per heavy atom. The van der Waals surface area contributed by atoms with Crippen LogP contribution in [0.3, 0.4) is 0 Å². The molecular formula is C18H24N2O3. The number of hydrogen-bond acceptors (Lipinski definition) is 5. The molecule has 3 rings (SSSR count). The molecule has 1 aromatic carbocycles. The number of ether oxygens (including phenoxy) is 2. The molecule has 1 heterocycles. The number of fused-ring (bicyclic) bond motifs is 1. The summed E-state index contributed by atoms with van der Waals surface area (Å²) in [6, 6.07) is 5.83. The maximum atomic E-state index is 12.6. The zero-order valence-electron chi connectivity index (χ0n) is 14.2. The van der Waals surface area contributed by atoms with Crippen LogP contribution in [0.1, 0.15) is 32.3 Å². The minimum absolute atomic E-state index is 0.0455. The molecule has 0 radical (unpaired) electrons. The van der Waals surface area contributed by atoms with Gasteiger partial charge in [-0.2, -0.15) is 5.10 Å².